The number of amides is 1. The van der Waals surface area contributed by atoms with E-state index < -0.39 is 33.6 Å². The lowest BCUT2D eigenvalue weighted by Gasteiger charge is -2.30. The number of hydrogen-bond donors (Lipinski definition) is 1. The van der Waals surface area contributed by atoms with Gasteiger partial charge in [-0.05, 0) is 48.7 Å². The minimum absolute atomic E-state index is 0.152. The van der Waals surface area contributed by atoms with Crippen molar-refractivity contribution in [3.8, 4) is 5.75 Å². The molecule has 0 radical (unpaired) electrons. The van der Waals surface area contributed by atoms with E-state index in [1.54, 1.807) is 6.07 Å². The van der Waals surface area contributed by atoms with E-state index in [9.17, 15) is 30.8 Å². The zero-order chi connectivity index (χ0) is 26.4. The highest BCUT2D eigenvalue weighted by Gasteiger charge is 2.35. The molecule has 1 saturated heterocycles. The van der Waals surface area contributed by atoms with E-state index in [-0.39, 0.29) is 41.1 Å². The van der Waals surface area contributed by atoms with Crippen molar-refractivity contribution in [2.75, 3.05) is 22.8 Å². The molecular formula is C25H21F4N3O4S. The van der Waals surface area contributed by atoms with E-state index in [4.69, 9.17) is 4.74 Å². The summed E-state index contributed by atoms with van der Waals surface area (Å²) in [5.41, 5.74) is 0.467. The van der Waals surface area contributed by atoms with E-state index in [0.29, 0.717) is 30.5 Å². The third-order valence-corrected chi connectivity index (χ3v) is 7.74. The van der Waals surface area contributed by atoms with Gasteiger partial charge in [-0.3, -0.25) is 9.52 Å². The zero-order valence-electron chi connectivity index (χ0n) is 19.3. The first-order chi connectivity index (χ1) is 17.5. The summed E-state index contributed by atoms with van der Waals surface area (Å²) in [6.45, 7) is 0.509. The third kappa shape index (κ3) is 4.97. The number of benzene rings is 2. The first kappa shape index (κ1) is 25.0. The fourth-order valence-electron chi connectivity index (χ4n) is 4.67. The molecule has 0 spiro atoms. The second kappa shape index (κ2) is 9.33. The van der Waals surface area contributed by atoms with E-state index in [2.05, 4.69) is 9.71 Å². The molecule has 1 unspecified atom stereocenters. The summed E-state index contributed by atoms with van der Waals surface area (Å²) in [7, 11) is -4.13. The molecule has 2 aliphatic heterocycles. The summed E-state index contributed by atoms with van der Waals surface area (Å²) in [5, 5.41) is 0. The first-order valence-corrected chi connectivity index (χ1v) is 12.9. The second-order valence-corrected chi connectivity index (χ2v) is 10.4. The van der Waals surface area contributed by atoms with Gasteiger partial charge in [0, 0.05) is 36.2 Å². The van der Waals surface area contributed by atoms with Gasteiger partial charge in [0.25, 0.3) is 10.0 Å². The number of sulfonamides is 1. The van der Waals surface area contributed by atoms with Gasteiger partial charge < -0.3 is 9.64 Å². The number of alkyl halides is 3. The SMILES string of the molecule is O=C1CCCN1c1cc(C(F)(F)F)ccc1C1CCOc2cc(S(=O)(=O)Nc3cccc(F)n3)ccc21. The third-order valence-electron chi connectivity index (χ3n) is 6.39. The summed E-state index contributed by atoms with van der Waals surface area (Å²) < 4.78 is 87.5. The quantitative estimate of drug-likeness (QED) is 0.364. The summed E-state index contributed by atoms with van der Waals surface area (Å²) >= 11 is 0. The first-order valence-electron chi connectivity index (χ1n) is 11.5. The van der Waals surface area contributed by atoms with Crippen molar-refractivity contribution in [2.45, 2.75) is 36.3 Å². The van der Waals surface area contributed by atoms with Crippen LogP contribution in [0.2, 0.25) is 0 Å². The number of ether oxygens (including phenoxy) is 1. The van der Waals surface area contributed by atoms with Crippen LogP contribution in [0.4, 0.5) is 29.1 Å². The van der Waals surface area contributed by atoms with Crippen molar-refractivity contribution in [2.24, 2.45) is 0 Å². The smallest absolute Gasteiger partial charge is 0.416 e. The number of carbonyl (C=O) groups excluding carboxylic acids is 1. The highest BCUT2D eigenvalue weighted by molar-refractivity contribution is 7.92. The predicted molar refractivity (Wildman–Crippen MR) is 126 cm³/mol. The topological polar surface area (TPSA) is 88.6 Å². The van der Waals surface area contributed by atoms with Crippen LogP contribution >= 0.6 is 0 Å². The molecule has 37 heavy (non-hydrogen) atoms. The lowest BCUT2D eigenvalue weighted by Crippen LogP contribution is -2.27. The van der Waals surface area contributed by atoms with Crippen LogP contribution in [0, 0.1) is 5.95 Å². The molecule has 2 aliphatic rings. The molecular weight excluding hydrogens is 514 g/mol. The lowest BCUT2D eigenvalue weighted by atomic mass is 9.85. The number of fused-ring (bicyclic) bond motifs is 1. The average molecular weight is 536 g/mol. The molecule has 7 nitrogen and oxygen atoms in total. The van der Waals surface area contributed by atoms with Crippen LogP contribution in [0.15, 0.2) is 59.5 Å². The number of anilines is 2. The van der Waals surface area contributed by atoms with Gasteiger partial charge in [0.1, 0.15) is 11.6 Å². The van der Waals surface area contributed by atoms with Gasteiger partial charge in [0.15, 0.2) is 0 Å². The Bertz CT molecular complexity index is 1480. The maximum atomic E-state index is 13.5. The Hall–Kier alpha value is -3.67. The van der Waals surface area contributed by atoms with Gasteiger partial charge in [-0.2, -0.15) is 17.6 Å². The Morgan fingerprint density at radius 2 is 1.84 bits per heavy atom. The van der Waals surface area contributed by atoms with Crippen molar-refractivity contribution < 1.29 is 35.5 Å². The van der Waals surface area contributed by atoms with Gasteiger partial charge >= 0.3 is 6.18 Å². The van der Waals surface area contributed by atoms with Crippen LogP contribution < -0.4 is 14.4 Å². The number of halogens is 4. The Morgan fingerprint density at radius 1 is 1.05 bits per heavy atom. The number of aromatic nitrogens is 1. The molecule has 1 aromatic heterocycles. The largest absolute Gasteiger partial charge is 0.493 e. The highest BCUT2D eigenvalue weighted by Crippen LogP contribution is 2.45. The number of rotatable bonds is 5. The monoisotopic (exact) mass is 535 g/mol. The number of pyridine rings is 1. The Balaban J connectivity index is 1.53. The van der Waals surface area contributed by atoms with Gasteiger partial charge in [0.2, 0.25) is 11.9 Å². The molecule has 3 heterocycles. The molecule has 0 aliphatic carbocycles. The van der Waals surface area contributed by atoms with E-state index in [1.165, 1.54) is 35.2 Å². The minimum atomic E-state index is -4.57. The van der Waals surface area contributed by atoms with E-state index in [0.717, 1.165) is 18.2 Å². The fraction of sp³-hybridized carbons (Fsp3) is 0.280. The summed E-state index contributed by atoms with van der Waals surface area (Å²) in [6.07, 6.45) is -3.34. The molecule has 1 N–H and O–H groups in total. The van der Waals surface area contributed by atoms with Crippen LogP contribution in [-0.2, 0) is 21.0 Å². The number of carbonyl (C=O) groups is 1. The maximum absolute atomic E-state index is 13.5. The molecule has 12 heteroatoms. The van der Waals surface area contributed by atoms with Gasteiger partial charge in [-0.1, -0.05) is 18.2 Å². The highest BCUT2D eigenvalue weighted by atomic mass is 32.2. The zero-order valence-corrected chi connectivity index (χ0v) is 20.1. The Morgan fingerprint density at radius 3 is 2.54 bits per heavy atom. The van der Waals surface area contributed by atoms with Crippen molar-refractivity contribution >= 4 is 27.4 Å². The molecule has 1 atom stereocenters. The fourth-order valence-corrected chi connectivity index (χ4v) is 5.69. The summed E-state index contributed by atoms with van der Waals surface area (Å²) in [6, 6.07) is 11.3. The van der Waals surface area contributed by atoms with E-state index >= 15 is 0 Å². The molecule has 1 amide bonds. The van der Waals surface area contributed by atoms with Crippen LogP contribution in [0.1, 0.15) is 41.9 Å². The molecule has 3 aromatic rings. The van der Waals surface area contributed by atoms with Crippen LogP contribution in [-0.4, -0.2) is 32.5 Å². The standard InChI is InChI=1S/C25H21F4N3O4S/c26-22-3-1-4-23(30-22)31-37(34,35)16-7-9-19-17(10-12-36-21(19)14-16)18-8-6-15(25(27,28)29)13-20(18)32-11-2-5-24(32)33/h1,3-4,6-9,13-14,17H,2,5,10-12H2,(H,30,31). The normalized spacial score (nSPS) is 17.9. The van der Waals surface area contributed by atoms with Gasteiger partial charge in [-0.15, -0.1) is 0 Å². The van der Waals surface area contributed by atoms with E-state index in [1.807, 2.05) is 0 Å². The van der Waals surface area contributed by atoms with Crippen molar-refractivity contribution in [3.63, 3.8) is 0 Å². The second-order valence-electron chi connectivity index (χ2n) is 8.76. The maximum Gasteiger partial charge on any atom is 0.416 e. The van der Waals surface area contributed by atoms with Crippen LogP contribution in [0.5, 0.6) is 5.75 Å². The van der Waals surface area contributed by atoms with Crippen LogP contribution in [0.3, 0.4) is 0 Å². The predicted octanol–water partition coefficient (Wildman–Crippen LogP) is 5.08. The van der Waals surface area contributed by atoms with Crippen molar-refractivity contribution in [1.29, 1.82) is 0 Å². The number of nitrogens with one attached hydrogen (secondary N) is 1. The van der Waals surface area contributed by atoms with Crippen molar-refractivity contribution in [3.05, 3.63) is 77.2 Å². The van der Waals surface area contributed by atoms with Crippen molar-refractivity contribution in [1.82, 2.24) is 4.98 Å². The van der Waals surface area contributed by atoms with Gasteiger partial charge in [-0.25, -0.2) is 13.4 Å². The molecule has 5 rings (SSSR count). The summed E-state index contributed by atoms with van der Waals surface area (Å²) in [5.74, 6) is -1.46. The number of hydrogen-bond acceptors (Lipinski definition) is 5. The number of nitrogens with zero attached hydrogens (tertiary/aromatic N) is 2. The van der Waals surface area contributed by atoms with Crippen LogP contribution in [0.25, 0.3) is 0 Å². The molecule has 1 fully saturated rings. The van der Waals surface area contributed by atoms with Gasteiger partial charge in [0.05, 0.1) is 17.1 Å². The summed E-state index contributed by atoms with van der Waals surface area (Å²) in [4.78, 5) is 17.2. The average Bonchev–Trinajstić information content (AvgIpc) is 3.27. The molecule has 0 saturated carbocycles. The lowest BCUT2D eigenvalue weighted by molar-refractivity contribution is -0.137. The minimum Gasteiger partial charge on any atom is -0.493 e. The Kier molecular flexibility index (Phi) is 6.30. The molecule has 2 aromatic carbocycles. The molecule has 0 bridgehead atoms. The molecule has 194 valence electrons. The Labute approximate surface area is 210 Å².